The SMILES string of the molecule is C=CCn1c(SCC(=O)Nc2ccc(Cl)c(Cl)c2)nnc1-c1csc2c1CCC(C)C2. The Balaban J connectivity index is 1.49. The standard InChI is InChI=1S/C22H22Cl2N4OS2/c1-3-8-28-21(16-11-30-19-9-13(2)4-6-15(16)19)26-27-22(28)31-12-20(29)25-14-5-7-17(23)18(24)10-14/h3,5,7,10-11,13H,1,4,6,8-9,12H2,2H3,(H,25,29). The summed E-state index contributed by atoms with van der Waals surface area (Å²) in [6, 6.07) is 5.00. The summed E-state index contributed by atoms with van der Waals surface area (Å²) in [5, 5.41) is 15.4. The van der Waals surface area contributed by atoms with Crippen molar-refractivity contribution in [2.24, 2.45) is 5.92 Å². The van der Waals surface area contributed by atoms with Crippen LogP contribution in [0.2, 0.25) is 10.0 Å². The Bertz CT molecular complexity index is 1120. The summed E-state index contributed by atoms with van der Waals surface area (Å²) in [6.07, 6.45) is 5.23. The number of anilines is 1. The molecule has 31 heavy (non-hydrogen) atoms. The molecule has 1 N–H and O–H groups in total. The molecule has 162 valence electrons. The van der Waals surface area contributed by atoms with Gasteiger partial charge in [0, 0.05) is 28.1 Å². The second-order valence-corrected chi connectivity index (χ2v) is 10.3. The lowest BCUT2D eigenvalue weighted by Gasteiger charge is -2.19. The first kappa shape index (κ1) is 22.4. The number of fused-ring (bicyclic) bond motifs is 1. The summed E-state index contributed by atoms with van der Waals surface area (Å²) < 4.78 is 2.03. The van der Waals surface area contributed by atoms with E-state index in [1.807, 2.05) is 22.0 Å². The number of nitrogens with zero attached hydrogens (tertiary/aromatic N) is 3. The number of hydrogen-bond acceptors (Lipinski definition) is 5. The maximum absolute atomic E-state index is 12.4. The highest BCUT2D eigenvalue weighted by molar-refractivity contribution is 7.99. The zero-order valence-corrected chi connectivity index (χ0v) is 20.2. The lowest BCUT2D eigenvalue weighted by molar-refractivity contribution is -0.113. The summed E-state index contributed by atoms with van der Waals surface area (Å²) >= 11 is 15.1. The van der Waals surface area contributed by atoms with Gasteiger partial charge in [-0.05, 0) is 48.9 Å². The van der Waals surface area contributed by atoms with E-state index in [4.69, 9.17) is 23.2 Å². The van der Waals surface area contributed by atoms with Crippen LogP contribution < -0.4 is 5.32 Å². The summed E-state index contributed by atoms with van der Waals surface area (Å²) in [6.45, 7) is 6.77. The molecule has 1 atom stereocenters. The molecule has 0 aliphatic heterocycles. The zero-order chi connectivity index (χ0) is 22.0. The molecule has 5 nitrogen and oxygen atoms in total. The minimum Gasteiger partial charge on any atom is -0.325 e. The van der Waals surface area contributed by atoms with Gasteiger partial charge in [0.25, 0.3) is 0 Å². The van der Waals surface area contributed by atoms with Gasteiger partial charge in [0.15, 0.2) is 11.0 Å². The van der Waals surface area contributed by atoms with Crippen LogP contribution in [-0.4, -0.2) is 26.4 Å². The molecule has 3 aromatic rings. The molecule has 0 saturated heterocycles. The Morgan fingerprint density at radius 1 is 1.39 bits per heavy atom. The largest absolute Gasteiger partial charge is 0.325 e. The predicted octanol–water partition coefficient (Wildman–Crippen LogP) is 6.36. The normalized spacial score (nSPS) is 15.5. The fourth-order valence-corrected chi connectivity index (χ4v) is 5.94. The van der Waals surface area contributed by atoms with Crippen molar-refractivity contribution in [1.82, 2.24) is 14.8 Å². The number of carbonyl (C=O) groups is 1. The number of halogens is 2. The van der Waals surface area contributed by atoms with Crippen molar-refractivity contribution in [1.29, 1.82) is 0 Å². The molecule has 1 aliphatic rings. The number of amides is 1. The second-order valence-electron chi connectivity index (χ2n) is 7.57. The minimum atomic E-state index is -0.153. The molecular formula is C22H22Cl2N4OS2. The lowest BCUT2D eigenvalue weighted by atomic mass is 9.88. The van der Waals surface area contributed by atoms with E-state index in [-0.39, 0.29) is 11.7 Å². The molecule has 2 aromatic heterocycles. The topological polar surface area (TPSA) is 59.8 Å². The second kappa shape index (κ2) is 9.77. The molecule has 2 heterocycles. The molecule has 0 fully saturated rings. The van der Waals surface area contributed by atoms with E-state index in [1.54, 1.807) is 18.2 Å². The van der Waals surface area contributed by atoms with E-state index >= 15 is 0 Å². The van der Waals surface area contributed by atoms with Gasteiger partial charge in [0.05, 0.1) is 15.8 Å². The molecule has 0 saturated carbocycles. The lowest BCUT2D eigenvalue weighted by Crippen LogP contribution is -2.14. The van der Waals surface area contributed by atoms with Crippen molar-refractivity contribution >= 4 is 57.9 Å². The third kappa shape index (κ3) is 5.00. The fourth-order valence-electron chi connectivity index (χ4n) is 3.65. The molecule has 1 aromatic carbocycles. The highest BCUT2D eigenvalue weighted by Gasteiger charge is 2.24. The van der Waals surface area contributed by atoms with Crippen molar-refractivity contribution in [3.63, 3.8) is 0 Å². The Hall–Kier alpha value is -1.80. The molecule has 1 aliphatic carbocycles. The third-order valence-corrected chi connectivity index (χ3v) is 7.96. The van der Waals surface area contributed by atoms with Crippen molar-refractivity contribution < 1.29 is 4.79 Å². The van der Waals surface area contributed by atoms with Crippen molar-refractivity contribution in [3.8, 4) is 11.4 Å². The van der Waals surface area contributed by atoms with Crippen LogP contribution in [0.25, 0.3) is 11.4 Å². The highest BCUT2D eigenvalue weighted by atomic mass is 35.5. The number of aromatic nitrogens is 3. The molecule has 0 bridgehead atoms. The zero-order valence-electron chi connectivity index (χ0n) is 17.0. The third-order valence-electron chi connectivity index (χ3n) is 5.21. The van der Waals surface area contributed by atoms with Crippen LogP contribution >= 0.6 is 46.3 Å². The van der Waals surface area contributed by atoms with E-state index < -0.39 is 0 Å². The fraction of sp³-hybridized carbons (Fsp3) is 0.318. The van der Waals surface area contributed by atoms with Crippen LogP contribution in [0.15, 0.2) is 41.4 Å². The molecule has 1 unspecified atom stereocenters. The summed E-state index contributed by atoms with van der Waals surface area (Å²) in [5.74, 6) is 1.62. The Kier molecular flexibility index (Phi) is 7.06. The Morgan fingerprint density at radius 3 is 3.00 bits per heavy atom. The monoisotopic (exact) mass is 492 g/mol. The van der Waals surface area contributed by atoms with Crippen LogP contribution in [0, 0.1) is 5.92 Å². The van der Waals surface area contributed by atoms with Crippen LogP contribution in [-0.2, 0) is 24.2 Å². The summed E-state index contributed by atoms with van der Waals surface area (Å²) in [5.41, 5.74) is 3.16. The van der Waals surface area contributed by atoms with Gasteiger partial charge in [-0.25, -0.2) is 0 Å². The van der Waals surface area contributed by atoms with E-state index in [9.17, 15) is 4.79 Å². The number of allylic oxidation sites excluding steroid dienone is 1. The van der Waals surface area contributed by atoms with Gasteiger partial charge in [0.2, 0.25) is 5.91 Å². The number of thioether (sulfide) groups is 1. The van der Waals surface area contributed by atoms with Gasteiger partial charge in [-0.15, -0.1) is 28.1 Å². The van der Waals surface area contributed by atoms with Gasteiger partial charge in [0.1, 0.15) is 0 Å². The number of carbonyl (C=O) groups excluding carboxylic acids is 1. The van der Waals surface area contributed by atoms with Gasteiger partial charge in [-0.1, -0.05) is 48.0 Å². The summed E-state index contributed by atoms with van der Waals surface area (Å²) in [7, 11) is 0. The maximum atomic E-state index is 12.4. The van der Waals surface area contributed by atoms with Crippen molar-refractivity contribution in [2.75, 3.05) is 11.1 Å². The average molecular weight is 493 g/mol. The predicted molar refractivity (Wildman–Crippen MR) is 131 cm³/mol. The number of rotatable bonds is 7. The minimum absolute atomic E-state index is 0.153. The van der Waals surface area contributed by atoms with E-state index in [1.165, 1.54) is 28.6 Å². The molecule has 1 amide bonds. The number of nitrogens with one attached hydrogen (secondary N) is 1. The number of benzene rings is 1. The summed E-state index contributed by atoms with van der Waals surface area (Å²) in [4.78, 5) is 13.9. The quantitative estimate of drug-likeness (QED) is 0.308. The Labute approximate surface area is 199 Å². The molecule has 9 heteroatoms. The van der Waals surface area contributed by atoms with Gasteiger partial charge < -0.3 is 5.32 Å². The maximum Gasteiger partial charge on any atom is 0.234 e. The van der Waals surface area contributed by atoms with Crippen LogP contribution in [0.4, 0.5) is 5.69 Å². The van der Waals surface area contributed by atoms with Crippen molar-refractivity contribution in [2.45, 2.75) is 37.9 Å². The molecule has 0 spiro atoms. The van der Waals surface area contributed by atoms with Gasteiger partial charge >= 0.3 is 0 Å². The van der Waals surface area contributed by atoms with Crippen molar-refractivity contribution in [3.05, 3.63) is 56.7 Å². The van der Waals surface area contributed by atoms with Gasteiger partial charge in [-0.3, -0.25) is 9.36 Å². The smallest absolute Gasteiger partial charge is 0.234 e. The first-order valence-electron chi connectivity index (χ1n) is 9.97. The van der Waals surface area contributed by atoms with E-state index in [0.717, 1.165) is 30.1 Å². The van der Waals surface area contributed by atoms with Crippen LogP contribution in [0.3, 0.4) is 0 Å². The number of thiophene rings is 1. The molecular weight excluding hydrogens is 471 g/mol. The first-order chi connectivity index (χ1) is 15.0. The van der Waals surface area contributed by atoms with Crippen LogP contribution in [0.1, 0.15) is 23.8 Å². The van der Waals surface area contributed by atoms with Crippen LogP contribution in [0.5, 0.6) is 0 Å². The number of hydrogen-bond donors (Lipinski definition) is 1. The van der Waals surface area contributed by atoms with E-state index in [2.05, 4.69) is 34.4 Å². The van der Waals surface area contributed by atoms with E-state index in [0.29, 0.717) is 27.4 Å². The molecule has 4 rings (SSSR count). The highest BCUT2D eigenvalue weighted by Crippen LogP contribution is 2.38. The van der Waals surface area contributed by atoms with Gasteiger partial charge in [-0.2, -0.15) is 0 Å². The average Bonchev–Trinajstić information content (AvgIpc) is 3.33. The first-order valence-corrected chi connectivity index (χ1v) is 12.6. The molecule has 0 radical (unpaired) electrons. The Morgan fingerprint density at radius 2 is 2.23 bits per heavy atom.